The Morgan fingerprint density at radius 1 is 1.12 bits per heavy atom. The van der Waals surface area contributed by atoms with Crippen molar-refractivity contribution in [2.75, 3.05) is 27.3 Å². The molecular formula is C13H19NO3. The van der Waals surface area contributed by atoms with Gasteiger partial charge >= 0.3 is 0 Å². The van der Waals surface area contributed by atoms with Gasteiger partial charge in [-0.1, -0.05) is 0 Å². The summed E-state index contributed by atoms with van der Waals surface area (Å²) >= 11 is 0. The fraction of sp³-hybridized carbons (Fsp3) is 0.538. The van der Waals surface area contributed by atoms with E-state index in [4.69, 9.17) is 14.2 Å². The van der Waals surface area contributed by atoms with Crippen molar-refractivity contribution in [1.82, 2.24) is 5.32 Å². The molecule has 94 valence electrons. The first kappa shape index (κ1) is 12.0. The second-order valence-electron chi connectivity index (χ2n) is 4.65. The van der Waals surface area contributed by atoms with Crippen LogP contribution in [0.4, 0.5) is 0 Å². The number of ether oxygens (including phenoxy) is 3. The number of hydrogen-bond acceptors (Lipinski definition) is 4. The monoisotopic (exact) mass is 237 g/mol. The van der Waals surface area contributed by atoms with Crippen LogP contribution in [-0.4, -0.2) is 32.9 Å². The van der Waals surface area contributed by atoms with E-state index in [-0.39, 0.29) is 5.60 Å². The van der Waals surface area contributed by atoms with Gasteiger partial charge in [-0.15, -0.1) is 0 Å². The summed E-state index contributed by atoms with van der Waals surface area (Å²) in [6.45, 7) is 5.75. The summed E-state index contributed by atoms with van der Waals surface area (Å²) in [6.07, 6.45) is 0. The SMILES string of the molecule is COc1cc(C)cc(OC)c1OC1(C)CNC1. The van der Waals surface area contributed by atoms with Crippen LogP contribution in [0.5, 0.6) is 17.2 Å². The lowest BCUT2D eigenvalue weighted by Gasteiger charge is -2.39. The number of rotatable bonds is 4. The second kappa shape index (κ2) is 4.45. The van der Waals surface area contributed by atoms with Crippen molar-refractivity contribution < 1.29 is 14.2 Å². The minimum Gasteiger partial charge on any atom is -0.493 e. The predicted molar refractivity (Wildman–Crippen MR) is 66.2 cm³/mol. The molecular weight excluding hydrogens is 218 g/mol. The van der Waals surface area contributed by atoms with Gasteiger partial charge in [-0.3, -0.25) is 0 Å². The summed E-state index contributed by atoms with van der Waals surface area (Å²) in [5.41, 5.74) is 0.915. The summed E-state index contributed by atoms with van der Waals surface area (Å²) < 4.78 is 16.7. The van der Waals surface area contributed by atoms with Crippen LogP contribution in [0.1, 0.15) is 12.5 Å². The first-order chi connectivity index (χ1) is 8.08. The van der Waals surface area contributed by atoms with Crippen LogP contribution in [0, 0.1) is 6.92 Å². The molecule has 0 bridgehead atoms. The minimum atomic E-state index is -0.171. The van der Waals surface area contributed by atoms with E-state index in [0.29, 0.717) is 5.75 Å². The second-order valence-corrected chi connectivity index (χ2v) is 4.65. The first-order valence-corrected chi connectivity index (χ1v) is 5.70. The highest BCUT2D eigenvalue weighted by Crippen LogP contribution is 2.40. The molecule has 1 N–H and O–H groups in total. The van der Waals surface area contributed by atoms with E-state index in [1.54, 1.807) is 14.2 Å². The van der Waals surface area contributed by atoms with Gasteiger partial charge in [0.25, 0.3) is 0 Å². The van der Waals surface area contributed by atoms with Crippen LogP contribution in [-0.2, 0) is 0 Å². The van der Waals surface area contributed by atoms with E-state index in [1.165, 1.54) is 0 Å². The third kappa shape index (κ3) is 2.31. The van der Waals surface area contributed by atoms with Gasteiger partial charge in [-0.05, 0) is 31.5 Å². The minimum absolute atomic E-state index is 0.171. The Labute approximate surface area is 102 Å². The van der Waals surface area contributed by atoms with Crippen LogP contribution in [0.25, 0.3) is 0 Å². The van der Waals surface area contributed by atoms with Crippen LogP contribution in [0.2, 0.25) is 0 Å². The maximum Gasteiger partial charge on any atom is 0.204 e. The largest absolute Gasteiger partial charge is 0.493 e. The highest BCUT2D eigenvalue weighted by atomic mass is 16.6. The lowest BCUT2D eigenvalue weighted by Crippen LogP contribution is -2.61. The van der Waals surface area contributed by atoms with Crippen LogP contribution in [0.3, 0.4) is 0 Å². The molecule has 0 amide bonds. The predicted octanol–water partition coefficient (Wildman–Crippen LogP) is 1.75. The molecule has 1 aromatic rings. The Kier molecular flexibility index (Phi) is 3.15. The highest BCUT2D eigenvalue weighted by Gasteiger charge is 2.35. The molecule has 0 aliphatic carbocycles. The molecule has 0 aromatic heterocycles. The highest BCUT2D eigenvalue weighted by molar-refractivity contribution is 5.54. The fourth-order valence-electron chi connectivity index (χ4n) is 1.91. The Balaban J connectivity index is 2.35. The molecule has 1 aliphatic heterocycles. The van der Waals surface area contributed by atoms with Crippen LogP contribution in [0.15, 0.2) is 12.1 Å². The van der Waals surface area contributed by atoms with Gasteiger partial charge in [0.05, 0.1) is 14.2 Å². The van der Waals surface area contributed by atoms with E-state index in [1.807, 2.05) is 19.1 Å². The normalized spacial score (nSPS) is 17.2. The van der Waals surface area contributed by atoms with Gasteiger partial charge in [0.15, 0.2) is 11.5 Å². The number of nitrogens with one attached hydrogen (secondary N) is 1. The topological polar surface area (TPSA) is 39.7 Å². The fourth-order valence-corrected chi connectivity index (χ4v) is 1.91. The molecule has 2 rings (SSSR count). The van der Waals surface area contributed by atoms with Gasteiger partial charge in [-0.25, -0.2) is 0 Å². The number of benzene rings is 1. The summed E-state index contributed by atoms with van der Waals surface area (Å²) in [5, 5.41) is 3.20. The van der Waals surface area contributed by atoms with E-state index >= 15 is 0 Å². The third-order valence-corrected chi connectivity index (χ3v) is 2.95. The average molecular weight is 237 g/mol. The summed E-state index contributed by atoms with van der Waals surface area (Å²) in [7, 11) is 3.28. The van der Waals surface area contributed by atoms with Crippen molar-refractivity contribution in [1.29, 1.82) is 0 Å². The first-order valence-electron chi connectivity index (χ1n) is 5.70. The molecule has 0 unspecified atom stereocenters. The van der Waals surface area contributed by atoms with Crippen molar-refractivity contribution >= 4 is 0 Å². The third-order valence-electron chi connectivity index (χ3n) is 2.95. The Morgan fingerprint density at radius 2 is 1.65 bits per heavy atom. The maximum atomic E-state index is 6.02. The van der Waals surface area contributed by atoms with Crippen molar-refractivity contribution in [3.05, 3.63) is 17.7 Å². The van der Waals surface area contributed by atoms with E-state index in [0.717, 1.165) is 30.2 Å². The van der Waals surface area contributed by atoms with Crippen molar-refractivity contribution in [2.24, 2.45) is 0 Å². The molecule has 0 spiro atoms. The molecule has 0 atom stereocenters. The number of methoxy groups -OCH3 is 2. The Morgan fingerprint density at radius 3 is 2.00 bits per heavy atom. The molecule has 1 saturated heterocycles. The molecule has 1 heterocycles. The van der Waals surface area contributed by atoms with Gasteiger partial charge in [0.2, 0.25) is 5.75 Å². The molecule has 0 saturated carbocycles. The average Bonchev–Trinajstić information content (AvgIpc) is 2.28. The van der Waals surface area contributed by atoms with Crippen molar-refractivity contribution in [2.45, 2.75) is 19.4 Å². The summed E-state index contributed by atoms with van der Waals surface area (Å²) in [4.78, 5) is 0. The van der Waals surface area contributed by atoms with Gasteiger partial charge in [0.1, 0.15) is 5.60 Å². The van der Waals surface area contributed by atoms with E-state index in [9.17, 15) is 0 Å². The van der Waals surface area contributed by atoms with Crippen molar-refractivity contribution in [3.8, 4) is 17.2 Å². The standard InChI is InChI=1S/C13H19NO3/c1-9-5-10(15-3)12(11(6-9)16-4)17-13(2)7-14-8-13/h5-6,14H,7-8H2,1-4H3. The zero-order valence-electron chi connectivity index (χ0n) is 10.8. The maximum absolute atomic E-state index is 6.02. The Hall–Kier alpha value is -1.42. The van der Waals surface area contributed by atoms with Crippen LogP contribution < -0.4 is 19.5 Å². The van der Waals surface area contributed by atoms with Gasteiger partial charge < -0.3 is 19.5 Å². The quantitative estimate of drug-likeness (QED) is 0.866. The molecule has 4 heteroatoms. The molecule has 1 aliphatic rings. The molecule has 4 nitrogen and oxygen atoms in total. The van der Waals surface area contributed by atoms with E-state index < -0.39 is 0 Å². The zero-order chi connectivity index (χ0) is 12.5. The molecule has 0 radical (unpaired) electrons. The zero-order valence-corrected chi connectivity index (χ0v) is 10.8. The molecule has 17 heavy (non-hydrogen) atoms. The summed E-state index contributed by atoms with van der Waals surface area (Å²) in [5.74, 6) is 2.12. The molecule has 1 aromatic carbocycles. The lowest BCUT2D eigenvalue weighted by atomic mass is 10.00. The molecule has 1 fully saturated rings. The smallest absolute Gasteiger partial charge is 0.204 e. The lowest BCUT2D eigenvalue weighted by molar-refractivity contribution is 0.0298. The van der Waals surface area contributed by atoms with Crippen molar-refractivity contribution in [3.63, 3.8) is 0 Å². The number of hydrogen-bond donors (Lipinski definition) is 1. The van der Waals surface area contributed by atoms with E-state index in [2.05, 4.69) is 12.2 Å². The summed E-state index contributed by atoms with van der Waals surface area (Å²) in [6, 6.07) is 3.90. The van der Waals surface area contributed by atoms with Crippen LogP contribution >= 0.6 is 0 Å². The van der Waals surface area contributed by atoms with Gasteiger partial charge in [-0.2, -0.15) is 0 Å². The van der Waals surface area contributed by atoms with Gasteiger partial charge in [0, 0.05) is 13.1 Å². The number of aryl methyl sites for hydroxylation is 1. The Bertz CT molecular complexity index is 388.